The minimum absolute atomic E-state index is 0.0160. The van der Waals surface area contributed by atoms with Crippen molar-refractivity contribution in [2.75, 3.05) is 24.7 Å². The highest BCUT2D eigenvalue weighted by molar-refractivity contribution is 8.00. The third kappa shape index (κ3) is 4.03. The Morgan fingerprint density at radius 3 is 3.00 bits per heavy atom. The molecule has 0 bridgehead atoms. The van der Waals surface area contributed by atoms with E-state index in [2.05, 4.69) is 0 Å². The summed E-state index contributed by atoms with van der Waals surface area (Å²) < 4.78 is 0. The van der Waals surface area contributed by atoms with Crippen LogP contribution in [0.15, 0.2) is 0 Å². The zero-order valence-electron chi connectivity index (χ0n) is 9.39. The summed E-state index contributed by atoms with van der Waals surface area (Å²) in [7, 11) is 0. The van der Waals surface area contributed by atoms with Crippen LogP contribution in [0.3, 0.4) is 0 Å². The molecule has 1 amide bonds. The van der Waals surface area contributed by atoms with Crippen LogP contribution in [0.1, 0.15) is 25.7 Å². The van der Waals surface area contributed by atoms with E-state index >= 15 is 0 Å². The monoisotopic (exact) mass is 242 g/mol. The maximum atomic E-state index is 11.9. The zero-order valence-corrected chi connectivity index (χ0v) is 10.2. The Labute approximate surface area is 101 Å². The molecule has 0 spiro atoms. The molecule has 0 aromatic heterocycles. The minimum Gasteiger partial charge on any atom is -0.394 e. The van der Waals surface area contributed by atoms with Gasteiger partial charge in [-0.1, -0.05) is 12.8 Å². The number of likely N-dealkylation sites (tertiary alicyclic amines) is 1. The summed E-state index contributed by atoms with van der Waals surface area (Å²) in [6, 6.07) is 1.99. The van der Waals surface area contributed by atoms with Gasteiger partial charge in [-0.3, -0.25) is 4.79 Å². The lowest BCUT2D eigenvalue weighted by Gasteiger charge is -2.28. The summed E-state index contributed by atoms with van der Waals surface area (Å²) in [5, 5.41) is 17.7. The van der Waals surface area contributed by atoms with Gasteiger partial charge in [-0.25, -0.2) is 0 Å². The first-order valence-corrected chi connectivity index (χ1v) is 6.80. The van der Waals surface area contributed by atoms with E-state index in [0.29, 0.717) is 11.5 Å². The number of hydrogen-bond acceptors (Lipinski definition) is 4. The molecule has 0 aromatic rings. The van der Waals surface area contributed by atoms with Crippen molar-refractivity contribution in [2.24, 2.45) is 0 Å². The van der Waals surface area contributed by atoms with Crippen molar-refractivity contribution >= 4 is 17.7 Å². The Hall–Kier alpha value is -0.730. The van der Waals surface area contributed by atoms with E-state index in [1.54, 1.807) is 4.90 Å². The quantitative estimate of drug-likeness (QED) is 0.747. The van der Waals surface area contributed by atoms with E-state index in [1.807, 2.05) is 6.07 Å². The van der Waals surface area contributed by atoms with Gasteiger partial charge in [0.1, 0.15) is 0 Å². The molecule has 1 fully saturated rings. The number of hydrogen-bond donors (Lipinski definition) is 1. The van der Waals surface area contributed by atoms with Crippen LogP contribution in [0.4, 0.5) is 0 Å². The molecule has 0 aliphatic carbocycles. The zero-order chi connectivity index (χ0) is 11.8. The molecule has 1 N–H and O–H groups in total. The van der Waals surface area contributed by atoms with Crippen LogP contribution in [0.5, 0.6) is 0 Å². The minimum atomic E-state index is -0.0160. The lowest BCUT2D eigenvalue weighted by Crippen LogP contribution is -2.43. The lowest BCUT2D eigenvalue weighted by atomic mass is 10.1. The second kappa shape index (κ2) is 7.53. The smallest absolute Gasteiger partial charge is 0.232 e. The first kappa shape index (κ1) is 13.3. The summed E-state index contributed by atoms with van der Waals surface area (Å²) in [5.41, 5.74) is 0. The molecule has 0 aromatic carbocycles. The predicted molar refractivity (Wildman–Crippen MR) is 64.0 cm³/mol. The van der Waals surface area contributed by atoms with Crippen molar-refractivity contribution in [3.05, 3.63) is 0 Å². The van der Waals surface area contributed by atoms with Crippen LogP contribution in [0, 0.1) is 11.3 Å². The molecule has 5 heteroatoms. The van der Waals surface area contributed by atoms with Crippen LogP contribution >= 0.6 is 11.8 Å². The van der Waals surface area contributed by atoms with E-state index in [-0.39, 0.29) is 18.6 Å². The fourth-order valence-corrected chi connectivity index (χ4v) is 2.50. The van der Waals surface area contributed by atoms with Gasteiger partial charge in [-0.2, -0.15) is 5.26 Å². The van der Waals surface area contributed by atoms with Gasteiger partial charge in [0.05, 0.1) is 30.2 Å². The molecule has 1 saturated heterocycles. The van der Waals surface area contributed by atoms with Crippen LogP contribution in [-0.4, -0.2) is 46.6 Å². The molecule has 1 aliphatic heterocycles. The number of nitrogens with zero attached hydrogens (tertiary/aromatic N) is 2. The molecule has 1 unspecified atom stereocenters. The number of carbonyl (C=O) groups excluding carboxylic acids is 1. The Balaban J connectivity index is 2.46. The van der Waals surface area contributed by atoms with E-state index in [4.69, 9.17) is 5.26 Å². The third-order valence-electron chi connectivity index (χ3n) is 2.80. The van der Waals surface area contributed by atoms with Crippen LogP contribution < -0.4 is 0 Å². The topological polar surface area (TPSA) is 64.3 Å². The van der Waals surface area contributed by atoms with Crippen molar-refractivity contribution in [3.8, 4) is 6.07 Å². The first-order chi connectivity index (χ1) is 7.79. The van der Waals surface area contributed by atoms with Crippen molar-refractivity contribution in [1.82, 2.24) is 4.90 Å². The first-order valence-electron chi connectivity index (χ1n) is 5.64. The van der Waals surface area contributed by atoms with E-state index < -0.39 is 0 Å². The Bertz CT molecular complexity index is 265. The summed E-state index contributed by atoms with van der Waals surface area (Å²) in [6.45, 7) is 0.797. The molecule has 1 heterocycles. The standard InChI is InChI=1S/C11H18N2O2S/c12-5-7-16-9-11(15)13-6-3-1-2-4-10(13)8-14/h10,14H,1-4,6-9H2. The third-order valence-corrected chi connectivity index (χ3v) is 3.58. The van der Waals surface area contributed by atoms with Crippen LogP contribution in [0.25, 0.3) is 0 Å². The van der Waals surface area contributed by atoms with Crippen LogP contribution in [-0.2, 0) is 4.79 Å². The predicted octanol–water partition coefficient (Wildman–Crippen LogP) is 1.01. The maximum Gasteiger partial charge on any atom is 0.232 e. The number of amides is 1. The number of aliphatic hydroxyl groups excluding tert-OH is 1. The highest BCUT2D eigenvalue weighted by atomic mass is 32.2. The van der Waals surface area contributed by atoms with Gasteiger partial charge in [0.2, 0.25) is 5.91 Å². The molecule has 16 heavy (non-hydrogen) atoms. The van der Waals surface area contributed by atoms with E-state index in [0.717, 1.165) is 32.2 Å². The Kier molecular flexibility index (Phi) is 6.27. The SMILES string of the molecule is N#CCSCC(=O)N1CCCCCC1CO. The molecular weight excluding hydrogens is 224 g/mol. The number of carbonyl (C=O) groups is 1. The van der Waals surface area contributed by atoms with E-state index in [9.17, 15) is 9.90 Å². The molecule has 1 aliphatic rings. The van der Waals surface area contributed by atoms with Gasteiger partial charge in [-0.15, -0.1) is 11.8 Å². The summed E-state index contributed by atoms with van der Waals surface area (Å²) in [4.78, 5) is 13.7. The van der Waals surface area contributed by atoms with Gasteiger partial charge in [0.25, 0.3) is 0 Å². The van der Waals surface area contributed by atoms with Crippen LogP contribution in [0.2, 0.25) is 0 Å². The highest BCUT2D eigenvalue weighted by Gasteiger charge is 2.24. The summed E-state index contributed by atoms with van der Waals surface area (Å²) >= 11 is 1.34. The number of rotatable bonds is 4. The maximum absolute atomic E-state index is 11.9. The lowest BCUT2D eigenvalue weighted by molar-refractivity contribution is -0.131. The molecule has 0 radical (unpaired) electrons. The largest absolute Gasteiger partial charge is 0.394 e. The van der Waals surface area contributed by atoms with Gasteiger partial charge >= 0.3 is 0 Å². The van der Waals surface area contributed by atoms with Gasteiger partial charge < -0.3 is 10.0 Å². The number of nitriles is 1. The summed E-state index contributed by atoms with van der Waals surface area (Å²) in [5.74, 6) is 0.758. The van der Waals surface area contributed by atoms with Crippen molar-refractivity contribution in [3.63, 3.8) is 0 Å². The highest BCUT2D eigenvalue weighted by Crippen LogP contribution is 2.17. The van der Waals surface area contributed by atoms with Crippen molar-refractivity contribution in [1.29, 1.82) is 5.26 Å². The Morgan fingerprint density at radius 2 is 2.31 bits per heavy atom. The fraction of sp³-hybridized carbons (Fsp3) is 0.818. The number of thioether (sulfide) groups is 1. The fourth-order valence-electron chi connectivity index (χ4n) is 1.96. The molecule has 0 saturated carbocycles. The van der Waals surface area contributed by atoms with Crippen molar-refractivity contribution < 1.29 is 9.90 Å². The molecule has 4 nitrogen and oxygen atoms in total. The van der Waals surface area contributed by atoms with Gasteiger partial charge in [0, 0.05) is 6.54 Å². The number of aliphatic hydroxyl groups is 1. The Morgan fingerprint density at radius 1 is 1.50 bits per heavy atom. The molecule has 1 rings (SSSR count). The normalized spacial score (nSPS) is 21.2. The van der Waals surface area contributed by atoms with E-state index in [1.165, 1.54) is 11.8 Å². The average Bonchev–Trinajstić information content (AvgIpc) is 2.54. The van der Waals surface area contributed by atoms with Gasteiger partial charge in [-0.05, 0) is 12.8 Å². The second-order valence-corrected chi connectivity index (χ2v) is 4.91. The van der Waals surface area contributed by atoms with Crippen molar-refractivity contribution in [2.45, 2.75) is 31.7 Å². The molecule has 1 atom stereocenters. The summed E-state index contributed by atoms with van der Waals surface area (Å²) in [6.07, 6.45) is 4.13. The molecular formula is C11H18N2O2S. The van der Waals surface area contributed by atoms with Gasteiger partial charge in [0.15, 0.2) is 0 Å². The second-order valence-electron chi connectivity index (χ2n) is 3.92. The molecule has 90 valence electrons. The average molecular weight is 242 g/mol.